The molecule has 0 saturated carbocycles. The third-order valence-corrected chi connectivity index (χ3v) is 5.98. The summed E-state index contributed by atoms with van der Waals surface area (Å²) in [6, 6.07) is 38.7. The quantitative estimate of drug-likeness (QED) is 0.368. The van der Waals surface area contributed by atoms with Crippen LogP contribution in [-0.2, 0) is 0 Å². The average molecular weight is 405 g/mol. The molecule has 0 aromatic heterocycles. The number of hydrogen-bond acceptors (Lipinski definition) is 2. The van der Waals surface area contributed by atoms with Crippen molar-refractivity contribution in [3.8, 4) is 0 Å². The van der Waals surface area contributed by atoms with E-state index < -0.39 is 0 Å². The first-order chi connectivity index (χ1) is 15.3. The van der Waals surface area contributed by atoms with Crippen LogP contribution >= 0.6 is 0 Å². The molecule has 0 radical (unpaired) electrons. The summed E-state index contributed by atoms with van der Waals surface area (Å²) in [6.07, 6.45) is -0.247. The van der Waals surface area contributed by atoms with Crippen LogP contribution in [0.15, 0.2) is 115 Å². The summed E-state index contributed by atoms with van der Waals surface area (Å²) in [5.41, 5.74) is 5.02. The largest absolute Gasteiger partial charge is 0.316 e. The summed E-state index contributed by atoms with van der Waals surface area (Å²) in [6.45, 7) is 2.11. The summed E-state index contributed by atoms with van der Waals surface area (Å²) in [7, 11) is 0. The first-order valence-corrected chi connectivity index (χ1v) is 10.6. The minimum atomic E-state index is -0.247. The monoisotopic (exact) mass is 404 g/mol. The molecule has 4 aromatic carbocycles. The van der Waals surface area contributed by atoms with E-state index in [4.69, 9.17) is 0 Å². The fraction of sp³-hybridized carbons (Fsp3) is 0.107. The number of carbonyl (C=O) groups excluding carboxylic acids is 1. The van der Waals surface area contributed by atoms with Crippen LogP contribution in [0, 0.1) is 0 Å². The Hall–Kier alpha value is -3.85. The molecule has 152 valence electrons. The van der Waals surface area contributed by atoms with Gasteiger partial charge in [-0.15, -0.1) is 0 Å². The van der Waals surface area contributed by atoms with Gasteiger partial charge in [0.25, 0.3) is 5.91 Å². The molecule has 5 rings (SSSR count). The summed E-state index contributed by atoms with van der Waals surface area (Å²) in [5, 5.41) is 0. The second-order valence-corrected chi connectivity index (χ2v) is 7.80. The Bertz CT molecular complexity index is 1140. The van der Waals surface area contributed by atoms with Crippen LogP contribution < -0.4 is 4.90 Å². The maximum absolute atomic E-state index is 13.7. The van der Waals surface area contributed by atoms with Gasteiger partial charge in [-0.25, -0.2) is 0 Å². The van der Waals surface area contributed by atoms with Crippen LogP contribution in [0.4, 0.5) is 11.4 Å². The third-order valence-electron chi connectivity index (χ3n) is 5.98. The van der Waals surface area contributed by atoms with Crippen LogP contribution in [0.1, 0.15) is 40.6 Å². The number of para-hydroxylation sites is 2. The third kappa shape index (κ3) is 3.38. The molecule has 1 aliphatic heterocycles. The van der Waals surface area contributed by atoms with Crippen molar-refractivity contribution >= 4 is 17.3 Å². The maximum atomic E-state index is 13.7. The van der Waals surface area contributed by atoms with Crippen LogP contribution in [0.2, 0.25) is 0 Å². The van der Waals surface area contributed by atoms with Crippen molar-refractivity contribution < 1.29 is 4.79 Å². The lowest BCUT2D eigenvalue weighted by Gasteiger charge is -2.40. The van der Waals surface area contributed by atoms with Crippen LogP contribution in [0.25, 0.3) is 0 Å². The Morgan fingerprint density at radius 1 is 0.677 bits per heavy atom. The zero-order valence-corrected chi connectivity index (χ0v) is 17.4. The number of rotatable bonds is 5. The Kier molecular flexibility index (Phi) is 5.01. The van der Waals surface area contributed by atoms with E-state index in [0.29, 0.717) is 0 Å². The van der Waals surface area contributed by atoms with Gasteiger partial charge in [-0.1, -0.05) is 84.9 Å². The highest BCUT2D eigenvalue weighted by molar-refractivity contribution is 6.00. The van der Waals surface area contributed by atoms with Crippen molar-refractivity contribution in [3.05, 3.63) is 132 Å². The second-order valence-electron chi connectivity index (χ2n) is 7.80. The molecule has 3 heteroatoms. The Morgan fingerprint density at radius 3 is 1.74 bits per heavy atom. The first-order valence-electron chi connectivity index (χ1n) is 10.6. The van der Waals surface area contributed by atoms with Crippen LogP contribution in [0.3, 0.4) is 0 Å². The number of fused-ring (bicyclic) bond motifs is 1. The molecule has 0 spiro atoms. The molecule has 1 amide bonds. The number of amides is 1. The van der Waals surface area contributed by atoms with E-state index in [2.05, 4.69) is 54.3 Å². The molecule has 2 atom stereocenters. The van der Waals surface area contributed by atoms with Crippen molar-refractivity contribution in [2.24, 2.45) is 0 Å². The van der Waals surface area contributed by atoms with Crippen LogP contribution in [-0.4, -0.2) is 10.8 Å². The summed E-state index contributed by atoms with van der Waals surface area (Å²) in [4.78, 5) is 18.0. The summed E-state index contributed by atoms with van der Waals surface area (Å²) < 4.78 is 0. The van der Waals surface area contributed by atoms with E-state index in [1.54, 1.807) is 0 Å². The minimum absolute atomic E-state index is 0.0637. The van der Waals surface area contributed by atoms with E-state index in [9.17, 15) is 4.79 Å². The second kappa shape index (κ2) is 8.11. The van der Waals surface area contributed by atoms with Gasteiger partial charge >= 0.3 is 0 Å². The maximum Gasteiger partial charge on any atom is 0.256 e. The van der Waals surface area contributed by atoms with E-state index in [0.717, 1.165) is 28.1 Å². The number of nitrogens with zero attached hydrogens (tertiary/aromatic N) is 2. The highest BCUT2D eigenvalue weighted by Crippen LogP contribution is 2.46. The van der Waals surface area contributed by atoms with Crippen molar-refractivity contribution in [2.75, 3.05) is 4.90 Å². The molecule has 0 N–H and O–H groups in total. The standard InChI is InChI=1S/C28H24N2O/c1-21(22-13-5-2-6-14-22)29-27(25-19-11-12-20-26(25)28(29)31)30(23-15-7-3-8-16-23)24-17-9-4-10-18-24/h2-21,27H,1H3/t21-,27+/m1/s1. The van der Waals surface area contributed by atoms with Crippen molar-refractivity contribution in [1.82, 2.24) is 4.90 Å². The van der Waals surface area contributed by atoms with Gasteiger partial charge in [0.15, 0.2) is 0 Å². The molecule has 4 aromatic rings. The van der Waals surface area contributed by atoms with Crippen LogP contribution in [0.5, 0.6) is 0 Å². The Morgan fingerprint density at radius 2 is 1.16 bits per heavy atom. The molecule has 0 saturated heterocycles. The predicted molar refractivity (Wildman–Crippen MR) is 125 cm³/mol. The average Bonchev–Trinajstić information content (AvgIpc) is 3.13. The molecular formula is C28H24N2O. The summed E-state index contributed by atoms with van der Waals surface area (Å²) >= 11 is 0. The fourth-order valence-corrected chi connectivity index (χ4v) is 4.47. The van der Waals surface area contributed by atoms with Gasteiger partial charge in [0, 0.05) is 22.5 Å². The highest BCUT2D eigenvalue weighted by Gasteiger charge is 2.43. The molecule has 0 fully saturated rings. The van der Waals surface area contributed by atoms with Gasteiger partial charge in [0.2, 0.25) is 0 Å². The number of hydrogen-bond donors (Lipinski definition) is 0. The SMILES string of the molecule is C[C@H](c1ccccc1)N1C(=O)c2ccccc2[C@@H]1N(c1ccccc1)c1ccccc1. The van der Waals surface area contributed by atoms with E-state index in [-0.39, 0.29) is 18.1 Å². The highest BCUT2D eigenvalue weighted by atomic mass is 16.2. The van der Waals surface area contributed by atoms with E-state index >= 15 is 0 Å². The Balaban J connectivity index is 1.71. The molecule has 1 heterocycles. The molecule has 3 nitrogen and oxygen atoms in total. The Labute approximate surface area is 183 Å². The van der Waals surface area contributed by atoms with Gasteiger partial charge < -0.3 is 9.80 Å². The molecule has 0 unspecified atom stereocenters. The normalized spacial score (nSPS) is 16.1. The number of anilines is 2. The van der Waals surface area contributed by atoms with Crippen molar-refractivity contribution in [3.63, 3.8) is 0 Å². The zero-order chi connectivity index (χ0) is 21.2. The van der Waals surface area contributed by atoms with Gasteiger partial charge in [0.1, 0.15) is 6.17 Å². The van der Waals surface area contributed by atoms with Crippen molar-refractivity contribution in [2.45, 2.75) is 19.1 Å². The fourth-order valence-electron chi connectivity index (χ4n) is 4.47. The molecule has 0 bridgehead atoms. The minimum Gasteiger partial charge on any atom is -0.316 e. The predicted octanol–water partition coefficient (Wildman–Crippen LogP) is 6.74. The van der Waals surface area contributed by atoms with E-state index in [1.165, 1.54) is 0 Å². The lowest BCUT2D eigenvalue weighted by Crippen LogP contribution is -2.39. The topological polar surface area (TPSA) is 23.6 Å². The van der Waals surface area contributed by atoms with Crippen molar-refractivity contribution in [1.29, 1.82) is 0 Å². The smallest absolute Gasteiger partial charge is 0.256 e. The zero-order valence-electron chi connectivity index (χ0n) is 17.4. The molecule has 1 aliphatic rings. The van der Waals surface area contributed by atoms with E-state index in [1.807, 2.05) is 77.7 Å². The number of carbonyl (C=O) groups is 1. The number of benzene rings is 4. The molecule has 31 heavy (non-hydrogen) atoms. The lowest BCUT2D eigenvalue weighted by atomic mass is 10.0. The van der Waals surface area contributed by atoms with Gasteiger partial charge in [-0.3, -0.25) is 4.79 Å². The molecular weight excluding hydrogens is 380 g/mol. The lowest BCUT2D eigenvalue weighted by molar-refractivity contribution is 0.0648. The van der Waals surface area contributed by atoms with Gasteiger partial charge in [-0.05, 0) is 42.8 Å². The van der Waals surface area contributed by atoms with Gasteiger partial charge in [-0.2, -0.15) is 0 Å². The molecule has 0 aliphatic carbocycles. The summed E-state index contributed by atoms with van der Waals surface area (Å²) in [5.74, 6) is 0.0637. The first kappa shape index (κ1) is 19.1. The van der Waals surface area contributed by atoms with Gasteiger partial charge in [0.05, 0.1) is 6.04 Å².